The highest BCUT2D eigenvalue weighted by Gasteiger charge is 2.34. The number of hydrogen-bond donors (Lipinski definition) is 1. The number of anilines is 1. The zero-order valence-corrected chi connectivity index (χ0v) is 25.9. The summed E-state index contributed by atoms with van der Waals surface area (Å²) in [5.74, 6) is -0.331. The van der Waals surface area contributed by atoms with E-state index in [1.54, 1.807) is 60.7 Å². The molecule has 220 valence electrons. The zero-order chi connectivity index (χ0) is 30.4. The van der Waals surface area contributed by atoms with Gasteiger partial charge in [-0.25, -0.2) is 8.42 Å². The van der Waals surface area contributed by atoms with Gasteiger partial charge in [-0.1, -0.05) is 48.4 Å². The van der Waals surface area contributed by atoms with E-state index in [9.17, 15) is 18.0 Å². The van der Waals surface area contributed by atoms with Gasteiger partial charge >= 0.3 is 0 Å². The number of aryl methyl sites for hydroxylation is 1. The summed E-state index contributed by atoms with van der Waals surface area (Å²) in [6.45, 7) is 8.89. The van der Waals surface area contributed by atoms with Crippen molar-refractivity contribution in [3.8, 4) is 5.75 Å². The molecule has 0 aliphatic rings. The first kappa shape index (κ1) is 32.0. The molecule has 0 bridgehead atoms. The lowest BCUT2D eigenvalue weighted by molar-refractivity contribution is -0.141. The molecule has 0 spiro atoms. The minimum Gasteiger partial charge on any atom is -0.497 e. The number of methoxy groups -OCH3 is 1. The van der Waals surface area contributed by atoms with Gasteiger partial charge in [-0.2, -0.15) is 0 Å². The first-order valence-electron chi connectivity index (χ1n) is 13.3. The highest BCUT2D eigenvalue weighted by Crippen LogP contribution is 2.27. The van der Waals surface area contributed by atoms with Crippen LogP contribution in [0.5, 0.6) is 5.75 Å². The van der Waals surface area contributed by atoms with Crippen LogP contribution < -0.4 is 14.4 Å². The number of halogens is 1. The lowest BCUT2D eigenvalue weighted by Gasteiger charge is -2.34. The Balaban J connectivity index is 2.06. The van der Waals surface area contributed by atoms with Crippen LogP contribution in [-0.4, -0.2) is 50.4 Å². The van der Waals surface area contributed by atoms with Crippen molar-refractivity contribution in [3.05, 3.63) is 88.9 Å². The summed E-state index contributed by atoms with van der Waals surface area (Å²) in [6.07, 6.45) is 0.330. The van der Waals surface area contributed by atoms with E-state index in [0.29, 0.717) is 22.9 Å². The number of carbonyl (C=O) groups is 2. The molecule has 2 amide bonds. The summed E-state index contributed by atoms with van der Waals surface area (Å²) < 4.78 is 34.2. The number of rotatable bonds is 11. The molecule has 0 radical (unpaired) electrons. The van der Waals surface area contributed by atoms with Crippen LogP contribution in [0, 0.1) is 6.92 Å². The minimum absolute atomic E-state index is 0.00782. The fourth-order valence-corrected chi connectivity index (χ4v) is 5.81. The lowest BCUT2D eigenvalue weighted by atomic mass is 10.1. The number of amides is 2. The third-order valence-electron chi connectivity index (χ3n) is 6.40. The average molecular weight is 600 g/mol. The Morgan fingerprint density at radius 1 is 0.951 bits per heavy atom. The van der Waals surface area contributed by atoms with Crippen LogP contribution >= 0.6 is 11.6 Å². The molecular formula is C31H38ClN3O5S. The monoisotopic (exact) mass is 599 g/mol. The maximum Gasteiger partial charge on any atom is 0.264 e. The molecule has 0 aromatic heterocycles. The predicted molar refractivity (Wildman–Crippen MR) is 163 cm³/mol. The van der Waals surface area contributed by atoms with E-state index in [-0.39, 0.29) is 17.3 Å². The van der Waals surface area contributed by atoms with Gasteiger partial charge in [0.1, 0.15) is 18.3 Å². The molecule has 0 heterocycles. The molecule has 0 saturated carbocycles. The molecule has 0 aliphatic heterocycles. The van der Waals surface area contributed by atoms with Crippen molar-refractivity contribution < 1.29 is 22.7 Å². The van der Waals surface area contributed by atoms with Crippen LogP contribution in [0.3, 0.4) is 0 Å². The third kappa shape index (κ3) is 8.47. The maximum absolute atomic E-state index is 14.1. The summed E-state index contributed by atoms with van der Waals surface area (Å²) in [5.41, 5.74) is 1.50. The number of ether oxygens (including phenoxy) is 1. The van der Waals surface area contributed by atoms with Gasteiger partial charge in [-0.15, -0.1) is 0 Å². The summed E-state index contributed by atoms with van der Waals surface area (Å²) in [4.78, 5) is 28.9. The Labute approximate surface area is 248 Å². The second-order valence-corrected chi connectivity index (χ2v) is 13.1. The van der Waals surface area contributed by atoms with Crippen LogP contribution in [-0.2, 0) is 26.2 Å². The largest absolute Gasteiger partial charge is 0.497 e. The Morgan fingerprint density at radius 2 is 1.54 bits per heavy atom. The molecule has 10 heteroatoms. The Hall–Kier alpha value is -3.56. The van der Waals surface area contributed by atoms with Gasteiger partial charge in [0, 0.05) is 17.1 Å². The lowest BCUT2D eigenvalue weighted by Crippen LogP contribution is -2.55. The van der Waals surface area contributed by atoms with Gasteiger partial charge in [-0.3, -0.25) is 13.9 Å². The van der Waals surface area contributed by atoms with Crippen molar-refractivity contribution in [2.75, 3.05) is 18.0 Å². The second kappa shape index (κ2) is 13.4. The number of nitrogens with zero attached hydrogens (tertiary/aromatic N) is 2. The molecular weight excluding hydrogens is 562 g/mol. The van der Waals surface area contributed by atoms with E-state index in [1.807, 2.05) is 34.6 Å². The van der Waals surface area contributed by atoms with Gasteiger partial charge < -0.3 is 15.0 Å². The van der Waals surface area contributed by atoms with Crippen molar-refractivity contribution in [3.63, 3.8) is 0 Å². The zero-order valence-electron chi connectivity index (χ0n) is 24.3. The van der Waals surface area contributed by atoms with Crippen molar-refractivity contribution in [2.45, 2.75) is 64.1 Å². The molecule has 3 rings (SSSR count). The molecule has 8 nitrogen and oxygen atoms in total. The van der Waals surface area contributed by atoms with Crippen LogP contribution in [0.25, 0.3) is 0 Å². The number of nitrogens with one attached hydrogen (secondary N) is 1. The molecule has 1 atom stereocenters. The van der Waals surface area contributed by atoms with Crippen molar-refractivity contribution >= 4 is 39.1 Å². The Bertz CT molecular complexity index is 1440. The van der Waals surface area contributed by atoms with Crippen LogP contribution in [0.2, 0.25) is 5.02 Å². The van der Waals surface area contributed by atoms with Gasteiger partial charge in [0.2, 0.25) is 11.8 Å². The molecule has 3 aromatic rings. The SMILES string of the molecule is CCC(C(=O)NC(C)(C)C)N(Cc1ccc(Cl)cc1)C(=O)CN(c1ccc(C)cc1)S(=O)(=O)c1ccc(OC)cc1. The van der Waals surface area contributed by atoms with Crippen molar-refractivity contribution in [1.82, 2.24) is 10.2 Å². The van der Waals surface area contributed by atoms with E-state index in [2.05, 4.69) is 5.32 Å². The van der Waals surface area contributed by atoms with Gasteiger partial charge in [0.25, 0.3) is 10.0 Å². The number of sulfonamides is 1. The maximum atomic E-state index is 14.1. The Morgan fingerprint density at radius 3 is 2.05 bits per heavy atom. The molecule has 1 unspecified atom stereocenters. The highest BCUT2D eigenvalue weighted by atomic mass is 35.5. The fraction of sp³-hybridized carbons (Fsp3) is 0.355. The van der Waals surface area contributed by atoms with E-state index in [1.165, 1.54) is 24.1 Å². The first-order valence-corrected chi connectivity index (χ1v) is 15.2. The smallest absolute Gasteiger partial charge is 0.264 e. The summed E-state index contributed by atoms with van der Waals surface area (Å²) in [7, 11) is -2.67. The van der Waals surface area contributed by atoms with E-state index in [4.69, 9.17) is 16.3 Å². The highest BCUT2D eigenvalue weighted by molar-refractivity contribution is 7.92. The van der Waals surface area contributed by atoms with Gasteiger partial charge in [-0.05, 0) is 88.2 Å². The van der Waals surface area contributed by atoms with Crippen molar-refractivity contribution in [1.29, 1.82) is 0 Å². The summed E-state index contributed by atoms with van der Waals surface area (Å²) in [5, 5.41) is 3.50. The van der Waals surface area contributed by atoms with Gasteiger partial charge in [0.05, 0.1) is 17.7 Å². The quantitative estimate of drug-likeness (QED) is 0.311. The number of hydrogen-bond acceptors (Lipinski definition) is 5. The number of carbonyl (C=O) groups excluding carboxylic acids is 2. The molecule has 1 N–H and O–H groups in total. The van der Waals surface area contributed by atoms with Crippen LogP contribution in [0.15, 0.2) is 77.7 Å². The normalized spacial score (nSPS) is 12.4. The van der Waals surface area contributed by atoms with Gasteiger partial charge in [0.15, 0.2) is 0 Å². The molecule has 0 aliphatic carbocycles. The summed E-state index contributed by atoms with van der Waals surface area (Å²) >= 11 is 6.07. The van der Waals surface area contributed by atoms with Crippen molar-refractivity contribution in [2.24, 2.45) is 0 Å². The Kier molecular flexibility index (Phi) is 10.4. The minimum atomic E-state index is -4.17. The van der Waals surface area contributed by atoms with E-state index in [0.717, 1.165) is 15.4 Å². The van der Waals surface area contributed by atoms with E-state index >= 15 is 0 Å². The van der Waals surface area contributed by atoms with Crippen LogP contribution in [0.1, 0.15) is 45.2 Å². The second-order valence-electron chi connectivity index (χ2n) is 10.8. The topological polar surface area (TPSA) is 96.0 Å². The average Bonchev–Trinajstić information content (AvgIpc) is 2.92. The standard InChI is InChI=1S/C31H38ClN3O5S/c1-7-28(30(37)33-31(3,4)5)34(20-23-10-12-24(32)13-11-23)29(36)21-35(25-14-8-22(2)9-15-25)41(38,39)27-18-16-26(40-6)17-19-27/h8-19,28H,7,20-21H2,1-6H3,(H,33,37). The summed E-state index contributed by atoms with van der Waals surface area (Å²) in [6, 6.07) is 19.0. The van der Waals surface area contributed by atoms with Crippen LogP contribution in [0.4, 0.5) is 5.69 Å². The number of benzene rings is 3. The predicted octanol–water partition coefficient (Wildman–Crippen LogP) is 5.57. The fourth-order valence-electron chi connectivity index (χ4n) is 4.27. The molecule has 3 aromatic carbocycles. The molecule has 0 fully saturated rings. The first-order chi connectivity index (χ1) is 19.2. The third-order valence-corrected chi connectivity index (χ3v) is 8.44. The molecule has 41 heavy (non-hydrogen) atoms. The van der Waals surface area contributed by atoms with E-state index < -0.39 is 34.1 Å². The molecule has 0 saturated heterocycles.